The molecular weight excluding hydrogens is 556 g/mol. The summed E-state index contributed by atoms with van der Waals surface area (Å²) in [6.45, 7) is 0. The molecule has 1 aromatic heterocycles. The van der Waals surface area contributed by atoms with Crippen LogP contribution in [0, 0.1) is 0 Å². The van der Waals surface area contributed by atoms with Crippen LogP contribution in [0.1, 0.15) is 11.1 Å². The zero-order valence-electron chi connectivity index (χ0n) is 21.4. The first kappa shape index (κ1) is 28.6. The quantitative estimate of drug-likeness (QED) is 0.0916. The van der Waals surface area contributed by atoms with Crippen molar-refractivity contribution in [2.75, 3.05) is 0 Å². The van der Waals surface area contributed by atoms with Gasteiger partial charge in [0.05, 0.1) is 0 Å². The topological polar surface area (TPSA) is 228 Å². The molecule has 13 heteroatoms. The van der Waals surface area contributed by atoms with Crippen LogP contribution >= 0.6 is 0 Å². The molecule has 8 N–H and O–H groups in total. The fourth-order valence-corrected chi connectivity index (χ4v) is 4.46. The maximum atomic E-state index is 13.0. The molecule has 5 rings (SSSR count). The number of ether oxygens (including phenoxy) is 2. The van der Waals surface area contributed by atoms with Crippen molar-refractivity contribution < 1.29 is 59.5 Å². The molecule has 0 spiro atoms. The van der Waals surface area contributed by atoms with E-state index in [0.717, 1.165) is 17.7 Å². The molecule has 42 heavy (non-hydrogen) atoms. The number of carboxylic acids is 1. The third-order valence-corrected chi connectivity index (χ3v) is 6.67. The third kappa shape index (κ3) is 5.13. The molecule has 0 saturated carbocycles. The Kier molecular flexibility index (Phi) is 7.36. The van der Waals surface area contributed by atoms with Crippen LogP contribution in [0.5, 0.6) is 23.0 Å². The number of phenolic OH excluding ortho intramolecular Hbond substituents is 3. The van der Waals surface area contributed by atoms with Gasteiger partial charge in [0.1, 0.15) is 28.6 Å². The number of rotatable bonds is 6. The van der Waals surface area contributed by atoms with E-state index in [9.17, 15) is 50.4 Å². The van der Waals surface area contributed by atoms with Gasteiger partial charge in [-0.2, -0.15) is 0 Å². The number of fused-ring (bicyclic) bond motifs is 1. The largest absolute Gasteiger partial charge is 0.508 e. The van der Waals surface area contributed by atoms with Crippen LogP contribution in [0.2, 0.25) is 0 Å². The van der Waals surface area contributed by atoms with Gasteiger partial charge in [-0.1, -0.05) is 42.5 Å². The van der Waals surface area contributed by atoms with E-state index in [2.05, 4.69) is 0 Å². The number of hydrogen-bond donors (Lipinski definition) is 8. The average Bonchev–Trinajstić information content (AvgIpc) is 2.95. The summed E-state index contributed by atoms with van der Waals surface area (Å²) in [5, 5.41) is 80.3. The van der Waals surface area contributed by atoms with Crippen LogP contribution in [-0.2, 0) is 9.53 Å². The van der Waals surface area contributed by atoms with E-state index < -0.39 is 64.4 Å². The Morgan fingerprint density at radius 3 is 2.31 bits per heavy atom. The van der Waals surface area contributed by atoms with Gasteiger partial charge in [-0.15, -0.1) is 0 Å². The van der Waals surface area contributed by atoms with Crippen LogP contribution in [0.3, 0.4) is 0 Å². The van der Waals surface area contributed by atoms with Gasteiger partial charge >= 0.3 is 5.97 Å². The monoisotopic (exact) mass is 580 g/mol. The summed E-state index contributed by atoms with van der Waals surface area (Å²) in [6.07, 6.45) is -5.91. The number of hydrogen-bond acceptors (Lipinski definition) is 12. The van der Waals surface area contributed by atoms with Gasteiger partial charge in [0, 0.05) is 17.7 Å². The van der Waals surface area contributed by atoms with Crippen molar-refractivity contribution in [1.82, 2.24) is 0 Å². The molecule has 3 aromatic carbocycles. The summed E-state index contributed by atoms with van der Waals surface area (Å²) >= 11 is 0. The number of carboxylic acid groups (broad SMARTS) is 1. The minimum atomic E-state index is -3.40. The molecule has 218 valence electrons. The zero-order chi connectivity index (χ0) is 30.3. The highest BCUT2D eigenvalue weighted by Gasteiger charge is 2.58. The normalized spacial score (nSPS) is 21.9. The standard InChI is InChI=1S/C29H24O13/c30-15-8-9-16(14(10-15)7-6-13-4-2-1-3-5-13)18-11-17(31)21-19(40-18)12-20(22(32)23(21)33)41-28-26(35)29(38,39)25(34)24(42-28)27(36)37/h1-12,24-26,28,30,32-35,38-39H,(H,36,37). The molecule has 1 aliphatic rings. The summed E-state index contributed by atoms with van der Waals surface area (Å²) in [5.74, 6) is -8.01. The molecule has 13 nitrogen and oxygen atoms in total. The number of aliphatic hydroxyl groups excluding tert-OH is 2. The first-order chi connectivity index (χ1) is 19.9. The van der Waals surface area contributed by atoms with Gasteiger partial charge in [-0.05, 0) is 29.3 Å². The first-order valence-electron chi connectivity index (χ1n) is 12.3. The Balaban J connectivity index is 1.58. The average molecular weight is 580 g/mol. The SMILES string of the molecule is O=C(O)C1OC(Oc2cc3oc(-c4ccc(O)cc4C=Cc4ccccc4)cc(=O)c3c(O)c2O)C(O)C(O)(O)C1O. The lowest BCUT2D eigenvalue weighted by molar-refractivity contribution is -0.369. The lowest BCUT2D eigenvalue weighted by Crippen LogP contribution is -2.69. The van der Waals surface area contributed by atoms with Crippen LogP contribution in [-0.4, -0.2) is 77.2 Å². The van der Waals surface area contributed by atoms with E-state index in [1.54, 1.807) is 12.2 Å². The van der Waals surface area contributed by atoms with Crippen molar-refractivity contribution in [3.05, 3.63) is 82.0 Å². The van der Waals surface area contributed by atoms with Gasteiger partial charge in [-0.3, -0.25) is 4.79 Å². The second-order valence-electron chi connectivity index (χ2n) is 9.49. The lowest BCUT2D eigenvalue weighted by atomic mass is 9.95. The van der Waals surface area contributed by atoms with Crippen LogP contribution in [0.25, 0.3) is 34.4 Å². The highest BCUT2D eigenvalue weighted by molar-refractivity contribution is 5.90. The number of benzene rings is 3. The Morgan fingerprint density at radius 2 is 1.62 bits per heavy atom. The predicted molar refractivity (Wildman–Crippen MR) is 144 cm³/mol. The molecule has 2 heterocycles. The van der Waals surface area contributed by atoms with Gasteiger partial charge < -0.3 is 54.7 Å². The number of phenols is 3. The van der Waals surface area contributed by atoms with Crippen LogP contribution < -0.4 is 10.2 Å². The summed E-state index contributed by atoms with van der Waals surface area (Å²) < 4.78 is 16.1. The highest BCUT2D eigenvalue weighted by Crippen LogP contribution is 2.43. The van der Waals surface area contributed by atoms with E-state index in [1.807, 2.05) is 30.3 Å². The van der Waals surface area contributed by atoms with Crippen LogP contribution in [0.15, 0.2) is 69.9 Å². The van der Waals surface area contributed by atoms with Gasteiger partial charge in [0.2, 0.25) is 17.8 Å². The number of carbonyl (C=O) groups is 1. The third-order valence-electron chi connectivity index (χ3n) is 6.67. The molecule has 0 amide bonds. The van der Waals surface area contributed by atoms with Crippen molar-refractivity contribution in [3.63, 3.8) is 0 Å². The van der Waals surface area contributed by atoms with Crippen molar-refractivity contribution in [2.45, 2.75) is 30.4 Å². The van der Waals surface area contributed by atoms with Gasteiger partial charge in [0.15, 0.2) is 29.1 Å². The fraction of sp³-hybridized carbons (Fsp3) is 0.172. The minimum absolute atomic E-state index is 0.0102. The smallest absolute Gasteiger partial charge is 0.335 e. The predicted octanol–water partition coefficient (Wildman–Crippen LogP) is 1.34. The minimum Gasteiger partial charge on any atom is -0.508 e. The second-order valence-corrected chi connectivity index (χ2v) is 9.49. The summed E-state index contributed by atoms with van der Waals surface area (Å²) in [7, 11) is 0. The summed E-state index contributed by atoms with van der Waals surface area (Å²) in [6, 6.07) is 15.5. The van der Waals surface area contributed by atoms with Crippen molar-refractivity contribution in [1.29, 1.82) is 0 Å². The highest BCUT2D eigenvalue weighted by atomic mass is 16.7. The first-order valence-corrected chi connectivity index (χ1v) is 12.3. The molecule has 4 atom stereocenters. The maximum absolute atomic E-state index is 13.0. The molecule has 4 aromatic rings. The van der Waals surface area contributed by atoms with Gasteiger partial charge in [0.25, 0.3) is 0 Å². The van der Waals surface area contributed by atoms with Gasteiger partial charge in [-0.25, -0.2) is 4.79 Å². The maximum Gasteiger partial charge on any atom is 0.335 e. The second kappa shape index (κ2) is 10.8. The van der Waals surface area contributed by atoms with Crippen molar-refractivity contribution in [3.8, 4) is 34.3 Å². The van der Waals surface area contributed by atoms with E-state index in [4.69, 9.17) is 13.9 Å². The molecule has 4 unspecified atom stereocenters. The van der Waals surface area contributed by atoms with E-state index in [-0.39, 0.29) is 17.1 Å². The van der Waals surface area contributed by atoms with E-state index in [0.29, 0.717) is 11.1 Å². The molecule has 0 bridgehead atoms. The van der Waals surface area contributed by atoms with E-state index in [1.165, 1.54) is 18.2 Å². The Bertz CT molecular complexity index is 1740. The molecule has 0 radical (unpaired) electrons. The van der Waals surface area contributed by atoms with Crippen molar-refractivity contribution >= 4 is 29.1 Å². The summed E-state index contributed by atoms with van der Waals surface area (Å²) in [4.78, 5) is 24.5. The molecular formula is C29H24O13. The number of aromatic hydroxyl groups is 3. The lowest BCUT2D eigenvalue weighted by Gasteiger charge is -2.43. The van der Waals surface area contributed by atoms with Crippen molar-refractivity contribution in [2.24, 2.45) is 0 Å². The number of aliphatic carboxylic acids is 1. The Hall–Kier alpha value is -4.92. The molecule has 1 aliphatic heterocycles. The molecule has 1 fully saturated rings. The molecule has 1 saturated heterocycles. The molecule has 0 aliphatic carbocycles. The van der Waals surface area contributed by atoms with E-state index >= 15 is 0 Å². The Morgan fingerprint density at radius 1 is 0.905 bits per heavy atom. The number of aliphatic hydroxyl groups is 4. The Labute approximate surface area is 235 Å². The summed E-state index contributed by atoms with van der Waals surface area (Å²) in [5.41, 5.74) is 0.579. The van der Waals surface area contributed by atoms with Crippen LogP contribution in [0.4, 0.5) is 0 Å². The fourth-order valence-electron chi connectivity index (χ4n) is 4.46. The zero-order valence-corrected chi connectivity index (χ0v) is 21.4.